The molecule has 106 valence electrons. The molecule has 0 bridgehead atoms. The second-order valence-corrected chi connectivity index (χ2v) is 4.79. The first kappa shape index (κ1) is 14.1. The maximum Gasteiger partial charge on any atom is 0.269 e. The molecule has 1 aromatic carbocycles. The molecule has 2 aromatic rings. The molecule has 8 heteroatoms. The summed E-state index contributed by atoms with van der Waals surface area (Å²) in [6.07, 6.45) is 0. The van der Waals surface area contributed by atoms with Gasteiger partial charge in [0.25, 0.3) is 5.91 Å². The molecule has 2 rings (SSSR count). The molecular weight excluding hydrogens is 283 g/mol. The third kappa shape index (κ3) is 2.80. The normalized spacial score (nSPS) is 10.2. The Kier molecular flexibility index (Phi) is 4.04. The minimum atomic E-state index is -0.557. The van der Waals surface area contributed by atoms with Crippen molar-refractivity contribution in [3.63, 3.8) is 0 Å². The Morgan fingerprint density at radius 1 is 1.50 bits per heavy atom. The van der Waals surface area contributed by atoms with Crippen LogP contribution in [0.25, 0.3) is 0 Å². The molecule has 0 radical (unpaired) electrons. The zero-order valence-electron chi connectivity index (χ0n) is 10.9. The number of nitrogen functional groups attached to an aromatic ring is 1. The van der Waals surface area contributed by atoms with E-state index in [1.165, 1.54) is 25.3 Å². The summed E-state index contributed by atoms with van der Waals surface area (Å²) in [7, 11) is 3.05. The van der Waals surface area contributed by atoms with E-state index in [9.17, 15) is 9.18 Å². The Bertz CT molecular complexity index is 644. The Balaban J connectivity index is 2.18. The van der Waals surface area contributed by atoms with Gasteiger partial charge in [0.1, 0.15) is 10.7 Å². The number of carbonyl (C=O) groups is 1. The molecular formula is C12H13FN4O2S. The highest BCUT2D eigenvalue weighted by Gasteiger charge is 2.16. The zero-order chi connectivity index (χ0) is 14.7. The van der Waals surface area contributed by atoms with Gasteiger partial charge in [0, 0.05) is 18.8 Å². The van der Waals surface area contributed by atoms with E-state index in [1.807, 2.05) is 0 Å². The van der Waals surface area contributed by atoms with Gasteiger partial charge in [-0.05, 0) is 12.1 Å². The molecule has 0 saturated heterocycles. The third-order valence-corrected chi connectivity index (χ3v) is 3.57. The number of thiazole rings is 1. The lowest BCUT2D eigenvalue weighted by atomic mass is 10.3. The number of carbonyl (C=O) groups excluding carboxylic acids is 1. The average molecular weight is 296 g/mol. The number of anilines is 3. The first-order chi connectivity index (χ1) is 9.55. The van der Waals surface area contributed by atoms with Crippen LogP contribution < -0.4 is 21.1 Å². The molecule has 0 aliphatic rings. The molecule has 1 aromatic heterocycles. The van der Waals surface area contributed by atoms with E-state index in [4.69, 9.17) is 10.5 Å². The average Bonchev–Trinajstić information content (AvgIpc) is 2.80. The third-order valence-electron chi connectivity index (χ3n) is 2.48. The highest BCUT2D eigenvalue weighted by Crippen LogP contribution is 2.26. The van der Waals surface area contributed by atoms with E-state index in [1.54, 1.807) is 7.05 Å². The second-order valence-electron chi connectivity index (χ2n) is 3.79. The van der Waals surface area contributed by atoms with Crippen molar-refractivity contribution in [3.8, 4) is 5.75 Å². The van der Waals surface area contributed by atoms with Crippen LogP contribution in [0.2, 0.25) is 0 Å². The van der Waals surface area contributed by atoms with Crippen molar-refractivity contribution in [2.75, 3.05) is 30.5 Å². The molecule has 6 nitrogen and oxygen atoms in total. The lowest BCUT2D eigenvalue weighted by Crippen LogP contribution is -2.12. The largest absolute Gasteiger partial charge is 0.494 e. The van der Waals surface area contributed by atoms with Crippen molar-refractivity contribution < 1.29 is 13.9 Å². The van der Waals surface area contributed by atoms with Crippen molar-refractivity contribution in [2.45, 2.75) is 0 Å². The Labute approximate surface area is 118 Å². The van der Waals surface area contributed by atoms with Gasteiger partial charge in [-0.15, -0.1) is 0 Å². The molecule has 1 heterocycles. The number of nitrogens with zero attached hydrogens (tertiary/aromatic N) is 1. The van der Waals surface area contributed by atoms with Gasteiger partial charge in [0.15, 0.2) is 16.7 Å². The summed E-state index contributed by atoms with van der Waals surface area (Å²) in [5.74, 6) is -0.756. The van der Waals surface area contributed by atoms with Gasteiger partial charge in [0.2, 0.25) is 0 Å². The van der Waals surface area contributed by atoms with Crippen molar-refractivity contribution in [2.24, 2.45) is 0 Å². The number of rotatable bonds is 4. The smallest absolute Gasteiger partial charge is 0.269 e. The quantitative estimate of drug-likeness (QED) is 0.804. The molecule has 0 aliphatic carbocycles. The first-order valence-electron chi connectivity index (χ1n) is 5.64. The van der Waals surface area contributed by atoms with Crippen LogP contribution in [-0.4, -0.2) is 25.0 Å². The van der Waals surface area contributed by atoms with Crippen LogP contribution in [0.1, 0.15) is 9.67 Å². The summed E-state index contributed by atoms with van der Waals surface area (Å²) >= 11 is 1.12. The molecule has 20 heavy (non-hydrogen) atoms. The van der Waals surface area contributed by atoms with Gasteiger partial charge in [-0.2, -0.15) is 0 Å². The van der Waals surface area contributed by atoms with Gasteiger partial charge in [-0.3, -0.25) is 4.79 Å². The van der Waals surface area contributed by atoms with E-state index < -0.39 is 11.7 Å². The van der Waals surface area contributed by atoms with Gasteiger partial charge in [0.05, 0.1) is 7.11 Å². The van der Waals surface area contributed by atoms with E-state index in [0.29, 0.717) is 10.8 Å². The predicted octanol–water partition coefficient (Wildman–Crippen LogP) is 2.17. The number of ether oxygens (including phenoxy) is 1. The van der Waals surface area contributed by atoms with E-state index >= 15 is 0 Å². The number of halogens is 1. The second kappa shape index (κ2) is 5.74. The lowest BCUT2D eigenvalue weighted by molar-refractivity contribution is 0.103. The first-order valence-corrected chi connectivity index (χ1v) is 6.45. The monoisotopic (exact) mass is 296 g/mol. The topological polar surface area (TPSA) is 89.3 Å². The molecule has 1 amide bonds. The fourth-order valence-electron chi connectivity index (χ4n) is 1.53. The Morgan fingerprint density at radius 2 is 2.25 bits per heavy atom. The van der Waals surface area contributed by atoms with Crippen LogP contribution in [0.5, 0.6) is 5.75 Å². The number of methoxy groups -OCH3 is 1. The number of nitrogens with two attached hydrogens (primary N) is 1. The maximum atomic E-state index is 13.5. The standard InChI is InChI=1S/C12H13FN4O2S/c1-15-12-17-10(14)9(20-12)11(18)16-6-3-4-8(19-2)7(13)5-6/h3-5H,14H2,1-2H3,(H,15,17)(H,16,18). The fourth-order valence-corrected chi connectivity index (χ4v) is 2.27. The summed E-state index contributed by atoms with van der Waals surface area (Å²) in [5.41, 5.74) is 5.96. The van der Waals surface area contributed by atoms with Gasteiger partial charge >= 0.3 is 0 Å². The molecule has 0 unspecified atom stereocenters. The molecule has 0 saturated carbocycles. The van der Waals surface area contributed by atoms with Crippen LogP contribution in [0.4, 0.5) is 21.0 Å². The van der Waals surface area contributed by atoms with Crippen LogP contribution in [0.3, 0.4) is 0 Å². The Morgan fingerprint density at radius 3 is 2.80 bits per heavy atom. The molecule has 0 fully saturated rings. The van der Waals surface area contributed by atoms with Crippen molar-refractivity contribution in [1.29, 1.82) is 0 Å². The molecule has 0 spiro atoms. The molecule has 0 atom stereocenters. The van der Waals surface area contributed by atoms with Crippen LogP contribution in [0, 0.1) is 5.82 Å². The number of benzene rings is 1. The predicted molar refractivity (Wildman–Crippen MR) is 77.0 cm³/mol. The number of hydrogen-bond donors (Lipinski definition) is 3. The van der Waals surface area contributed by atoms with Gasteiger partial charge < -0.3 is 21.1 Å². The van der Waals surface area contributed by atoms with Crippen molar-refractivity contribution >= 4 is 33.9 Å². The fraction of sp³-hybridized carbons (Fsp3) is 0.167. The highest BCUT2D eigenvalue weighted by molar-refractivity contribution is 7.18. The number of aromatic nitrogens is 1. The minimum Gasteiger partial charge on any atom is -0.494 e. The van der Waals surface area contributed by atoms with E-state index in [2.05, 4.69) is 15.6 Å². The summed E-state index contributed by atoms with van der Waals surface area (Å²) in [6.45, 7) is 0. The number of amides is 1. The summed E-state index contributed by atoms with van der Waals surface area (Å²) in [5, 5.41) is 5.89. The maximum absolute atomic E-state index is 13.5. The summed E-state index contributed by atoms with van der Waals surface area (Å²) < 4.78 is 18.3. The molecule has 0 aliphatic heterocycles. The van der Waals surface area contributed by atoms with Crippen LogP contribution in [-0.2, 0) is 0 Å². The molecule has 4 N–H and O–H groups in total. The minimum absolute atomic E-state index is 0.109. The number of hydrogen-bond acceptors (Lipinski definition) is 6. The Hall–Kier alpha value is -2.35. The van der Waals surface area contributed by atoms with E-state index in [0.717, 1.165) is 11.3 Å². The number of nitrogens with one attached hydrogen (secondary N) is 2. The van der Waals surface area contributed by atoms with Gasteiger partial charge in [-0.1, -0.05) is 11.3 Å². The summed E-state index contributed by atoms with van der Waals surface area (Å²) in [6, 6.07) is 4.14. The van der Waals surface area contributed by atoms with Gasteiger partial charge in [-0.25, -0.2) is 9.37 Å². The van der Waals surface area contributed by atoms with Crippen LogP contribution >= 0.6 is 11.3 Å². The zero-order valence-corrected chi connectivity index (χ0v) is 11.7. The van der Waals surface area contributed by atoms with E-state index in [-0.39, 0.29) is 16.4 Å². The SMILES string of the molecule is CNc1nc(N)c(C(=O)Nc2ccc(OC)c(F)c2)s1. The van der Waals surface area contributed by atoms with Crippen molar-refractivity contribution in [3.05, 3.63) is 28.9 Å². The van der Waals surface area contributed by atoms with Crippen LogP contribution in [0.15, 0.2) is 18.2 Å². The summed E-state index contributed by atoms with van der Waals surface area (Å²) in [4.78, 5) is 16.3. The highest BCUT2D eigenvalue weighted by atomic mass is 32.1. The lowest BCUT2D eigenvalue weighted by Gasteiger charge is -2.06. The van der Waals surface area contributed by atoms with Crippen molar-refractivity contribution in [1.82, 2.24) is 4.98 Å².